The lowest BCUT2D eigenvalue weighted by Crippen LogP contribution is -2.04. The number of rotatable bonds is 7. The molecule has 0 aromatic heterocycles. The molecule has 0 bridgehead atoms. The van der Waals surface area contributed by atoms with Gasteiger partial charge >= 0.3 is 13.6 Å². The van der Waals surface area contributed by atoms with E-state index in [1.807, 2.05) is 0 Å². The Morgan fingerprint density at radius 2 is 1.77 bits per heavy atom. The highest BCUT2D eigenvalue weighted by Crippen LogP contribution is 2.48. The SMILES string of the molecule is CCOP(=O)(CCC(=O)O)OCC. The minimum atomic E-state index is -3.15. The average Bonchev–Trinajstić information content (AvgIpc) is 2.02. The third kappa shape index (κ3) is 5.80. The molecule has 78 valence electrons. The van der Waals surface area contributed by atoms with Crippen LogP contribution in [0.1, 0.15) is 20.3 Å². The van der Waals surface area contributed by atoms with Gasteiger partial charge < -0.3 is 14.2 Å². The van der Waals surface area contributed by atoms with Crippen LogP contribution in [0.2, 0.25) is 0 Å². The van der Waals surface area contributed by atoms with Gasteiger partial charge in [0.05, 0.1) is 25.8 Å². The number of aliphatic carboxylic acids is 1. The van der Waals surface area contributed by atoms with Gasteiger partial charge in [-0.15, -0.1) is 0 Å². The molecule has 0 aromatic carbocycles. The molecule has 0 spiro atoms. The summed E-state index contributed by atoms with van der Waals surface area (Å²) in [4.78, 5) is 10.2. The highest BCUT2D eigenvalue weighted by Gasteiger charge is 2.24. The fraction of sp³-hybridized carbons (Fsp3) is 0.857. The van der Waals surface area contributed by atoms with Crippen molar-refractivity contribution in [2.45, 2.75) is 20.3 Å². The fourth-order valence-electron chi connectivity index (χ4n) is 0.792. The maximum atomic E-state index is 11.6. The van der Waals surface area contributed by atoms with Crippen LogP contribution in [0.5, 0.6) is 0 Å². The van der Waals surface area contributed by atoms with E-state index in [2.05, 4.69) is 0 Å². The molecule has 0 saturated carbocycles. The Kier molecular flexibility index (Phi) is 5.95. The van der Waals surface area contributed by atoms with Gasteiger partial charge in [-0.3, -0.25) is 9.36 Å². The van der Waals surface area contributed by atoms with Crippen LogP contribution in [-0.2, 0) is 18.4 Å². The molecule has 0 unspecified atom stereocenters. The van der Waals surface area contributed by atoms with E-state index in [4.69, 9.17) is 14.2 Å². The predicted molar refractivity (Wildman–Crippen MR) is 48.0 cm³/mol. The molecule has 0 rings (SSSR count). The zero-order valence-electron chi connectivity index (χ0n) is 7.86. The van der Waals surface area contributed by atoms with E-state index in [-0.39, 0.29) is 25.8 Å². The van der Waals surface area contributed by atoms with E-state index in [9.17, 15) is 9.36 Å². The van der Waals surface area contributed by atoms with E-state index in [0.29, 0.717) is 0 Å². The molecule has 0 aliphatic rings. The van der Waals surface area contributed by atoms with Gasteiger partial charge in [-0.25, -0.2) is 0 Å². The molecule has 0 aliphatic heterocycles. The Morgan fingerprint density at radius 1 is 1.31 bits per heavy atom. The van der Waals surface area contributed by atoms with Crippen molar-refractivity contribution in [3.63, 3.8) is 0 Å². The molecular formula is C7H15O5P. The van der Waals surface area contributed by atoms with Gasteiger partial charge in [0.25, 0.3) is 0 Å². The maximum absolute atomic E-state index is 11.6. The lowest BCUT2D eigenvalue weighted by Gasteiger charge is -2.15. The highest BCUT2D eigenvalue weighted by atomic mass is 31.2. The smallest absolute Gasteiger partial charge is 0.331 e. The summed E-state index contributed by atoms with van der Waals surface area (Å²) in [6, 6.07) is 0. The van der Waals surface area contributed by atoms with Crippen molar-refractivity contribution in [2.24, 2.45) is 0 Å². The molecule has 1 N–H and O–H groups in total. The third-order valence-corrected chi connectivity index (χ3v) is 3.33. The molecule has 13 heavy (non-hydrogen) atoms. The topological polar surface area (TPSA) is 72.8 Å². The number of carbonyl (C=O) groups is 1. The van der Waals surface area contributed by atoms with Crippen molar-refractivity contribution in [2.75, 3.05) is 19.4 Å². The second-order valence-electron chi connectivity index (χ2n) is 2.31. The van der Waals surface area contributed by atoms with Crippen LogP contribution in [0.15, 0.2) is 0 Å². The molecule has 0 fully saturated rings. The van der Waals surface area contributed by atoms with E-state index in [1.54, 1.807) is 13.8 Å². The van der Waals surface area contributed by atoms with Crippen molar-refractivity contribution in [1.82, 2.24) is 0 Å². The van der Waals surface area contributed by atoms with Crippen LogP contribution in [0.3, 0.4) is 0 Å². The minimum absolute atomic E-state index is 0.0655. The van der Waals surface area contributed by atoms with Crippen LogP contribution in [-0.4, -0.2) is 30.5 Å². The van der Waals surface area contributed by atoms with Gasteiger partial charge in [-0.1, -0.05) is 0 Å². The molecule has 0 aromatic rings. The first-order chi connectivity index (χ1) is 6.04. The molecule has 0 aliphatic carbocycles. The third-order valence-electron chi connectivity index (χ3n) is 1.25. The molecule has 0 heterocycles. The number of hydrogen-bond acceptors (Lipinski definition) is 4. The molecule has 0 amide bonds. The highest BCUT2D eigenvalue weighted by molar-refractivity contribution is 7.53. The van der Waals surface area contributed by atoms with Crippen molar-refractivity contribution < 1.29 is 23.5 Å². The van der Waals surface area contributed by atoms with Crippen molar-refractivity contribution >= 4 is 13.6 Å². The van der Waals surface area contributed by atoms with Gasteiger partial charge in [0.1, 0.15) is 0 Å². The van der Waals surface area contributed by atoms with Gasteiger partial charge in [0.2, 0.25) is 0 Å². The van der Waals surface area contributed by atoms with E-state index >= 15 is 0 Å². The summed E-state index contributed by atoms with van der Waals surface area (Å²) in [5.74, 6) is -1.00. The van der Waals surface area contributed by atoms with Crippen LogP contribution >= 0.6 is 7.60 Å². The Hall–Kier alpha value is -0.380. The zero-order valence-corrected chi connectivity index (χ0v) is 8.75. The zero-order chi connectivity index (χ0) is 10.3. The first kappa shape index (κ1) is 12.6. The van der Waals surface area contributed by atoms with Gasteiger partial charge in [0.15, 0.2) is 0 Å². The van der Waals surface area contributed by atoms with E-state index in [1.165, 1.54) is 0 Å². The number of carboxylic acid groups (broad SMARTS) is 1. The molecule has 0 saturated heterocycles. The van der Waals surface area contributed by atoms with Crippen LogP contribution < -0.4 is 0 Å². The molecule has 0 radical (unpaired) electrons. The largest absolute Gasteiger partial charge is 0.481 e. The van der Waals surface area contributed by atoms with Crippen LogP contribution in [0.25, 0.3) is 0 Å². The lowest BCUT2D eigenvalue weighted by atomic mass is 10.5. The Labute approximate surface area is 77.6 Å². The van der Waals surface area contributed by atoms with Crippen molar-refractivity contribution in [1.29, 1.82) is 0 Å². The first-order valence-electron chi connectivity index (χ1n) is 4.14. The quantitative estimate of drug-likeness (QED) is 0.647. The summed E-state index contributed by atoms with van der Waals surface area (Å²) < 4.78 is 21.4. The van der Waals surface area contributed by atoms with Crippen LogP contribution in [0, 0.1) is 0 Å². The average molecular weight is 210 g/mol. The summed E-state index contributed by atoms with van der Waals surface area (Å²) >= 11 is 0. The second-order valence-corrected chi connectivity index (χ2v) is 4.50. The summed E-state index contributed by atoms with van der Waals surface area (Å²) in [6.07, 6.45) is -0.263. The summed E-state index contributed by atoms with van der Waals surface area (Å²) in [6.45, 7) is 3.90. The Balaban J connectivity index is 4.07. The van der Waals surface area contributed by atoms with E-state index in [0.717, 1.165) is 0 Å². The maximum Gasteiger partial charge on any atom is 0.331 e. The molecule has 5 nitrogen and oxygen atoms in total. The van der Waals surface area contributed by atoms with Gasteiger partial charge in [0, 0.05) is 0 Å². The standard InChI is InChI=1S/C7H15O5P/c1-3-11-13(10,12-4-2)6-5-7(8)9/h3-6H2,1-2H3,(H,8,9). The van der Waals surface area contributed by atoms with Gasteiger partial charge in [-0.05, 0) is 13.8 Å². The van der Waals surface area contributed by atoms with Gasteiger partial charge in [-0.2, -0.15) is 0 Å². The minimum Gasteiger partial charge on any atom is -0.481 e. The summed E-state index contributed by atoms with van der Waals surface area (Å²) in [5.41, 5.74) is 0. The van der Waals surface area contributed by atoms with E-state index < -0.39 is 13.6 Å². The summed E-state index contributed by atoms with van der Waals surface area (Å²) in [7, 11) is -3.15. The van der Waals surface area contributed by atoms with Crippen LogP contribution in [0.4, 0.5) is 0 Å². The fourth-order valence-corrected chi connectivity index (χ4v) is 2.38. The number of carboxylic acids is 1. The molecular weight excluding hydrogens is 195 g/mol. The van der Waals surface area contributed by atoms with Crippen molar-refractivity contribution in [3.05, 3.63) is 0 Å². The monoisotopic (exact) mass is 210 g/mol. The number of hydrogen-bond donors (Lipinski definition) is 1. The normalized spacial score (nSPS) is 11.5. The lowest BCUT2D eigenvalue weighted by molar-refractivity contribution is -0.136. The predicted octanol–water partition coefficient (Wildman–Crippen LogP) is 1.73. The Bertz CT molecular complexity index is 193. The summed E-state index contributed by atoms with van der Waals surface area (Å²) in [5, 5.41) is 8.38. The Morgan fingerprint density at radius 3 is 2.08 bits per heavy atom. The molecule has 6 heteroatoms. The first-order valence-corrected chi connectivity index (χ1v) is 5.86. The second kappa shape index (κ2) is 6.13. The molecule has 0 atom stereocenters. The van der Waals surface area contributed by atoms with Crippen molar-refractivity contribution in [3.8, 4) is 0 Å².